The smallest absolute Gasteiger partial charge is 0.110 e. The maximum atomic E-state index is 14.2. The molecule has 0 saturated carbocycles. The number of rotatable bonds is 5. The molecule has 0 spiro atoms. The number of hydrogen-bond acceptors (Lipinski definition) is 2. The van der Waals surface area contributed by atoms with Gasteiger partial charge in [-0.1, -0.05) is 6.92 Å². The van der Waals surface area contributed by atoms with Gasteiger partial charge in [0.1, 0.15) is 6.17 Å². The predicted octanol–water partition coefficient (Wildman–Crippen LogP) is 2.73. The summed E-state index contributed by atoms with van der Waals surface area (Å²) in [4.78, 5) is 0. The number of piperidine rings is 1. The molecule has 0 amide bonds. The second-order valence-electron chi connectivity index (χ2n) is 5.37. The second kappa shape index (κ2) is 6.32. The third-order valence-electron chi connectivity index (χ3n) is 3.96. The SMILES string of the molecule is CCC(C)n1ccc(CC(F)C2CCCNC2)n1. The maximum Gasteiger partial charge on any atom is 0.110 e. The second-order valence-corrected chi connectivity index (χ2v) is 5.37. The molecule has 1 aromatic rings. The summed E-state index contributed by atoms with van der Waals surface area (Å²) in [6.07, 6.45) is 4.79. The van der Waals surface area contributed by atoms with E-state index in [0.29, 0.717) is 12.5 Å². The number of halogens is 1. The topological polar surface area (TPSA) is 29.9 Å². The summed E-state index contributed by atoms with van der Waals surface area (Å²) in [6.45, 7) is 6.12. The molecule has 1 saturated heterocycles. The van der Waals surface area contributed by atoms with E-state index in [1.807, 2.05) is 16.9 Å². The third-order valence-corrected chi connectivity index (χ3v) is 3.96. The molecule has 1 fully saturated rings. The van der Waals surface area contributed by atoms with Gasteiger partial charge in [-0.2, -0.15) is 5.10 Å². The Bertz CT molecular complexity index is 358. The highest BCUT2D eigenvalue weighted by molar-refractivity contribution is 5.02. The van der Waals surface area contributed by atoms with Crippen molar-refractivity contribution >= 4 is 0 Å². The Morgan fingerprint density at radius 2 is 2.44 bits per heavy atom. The molecule has 102 valence electrons. The van der Waals surface area contributed by atoms with Crippen molar-refractivity contribution in [3.8, 4) is 0 Å². The van der Waals surface area contributed by atoms with Gasteiger partial charge < -0.3 is 5.32 Å². The minimum absolute atomic E-state index is 0.160. The van der Waals surface area contributed by atoms with Crippen LogP contribution in [0.15, 0.2) is 12.3 Å². The standard InChI is InChI=1S/C14H24FN3/c1-3-11(2)18-8-6-13(17-18)9-14(15)12-5-4-7-16-10-12/h6,8,11-12,14,16H,3-5,7,9-10H2,1-2H3. The molecule has 18 heavy (non-hydrogen) atoms. The van der Waals surface area contributed by atoms with Crippen LogP contribution in [0.2, 0.25) is 0 Å². The highest BCUT2D eigenvalue weighted by atomic mass is 19.1. The van der Waals surface area contributed by atoms with Crippen LogP contribution in [-0.4, -0.2) is 29.0 Å². The third kappa shape index (κ3) is 3.31. The Kier molecular flexibility index (Phi) is 4.75. The van der Waals surface area contributed by atoms with E-state index in [1.165, 1.54) is 0 Å². The van der Waals surface area contributed by atoms with Gasteiger partial charge in [-0.15, -0.1) is 0 Å². The molecule has 1 N–H and O–H groups in total. The zero-order chi connectivity index (χ0) is 13.0. The molecular weight excluding hydrogens is 229 g/mol. The van der Waals surface area contributed by atoms with Crippen LogP contribution in [0, 0.1) is 5.92 Å². The van der Waals surface area contributed by atoms with Gasteiger partial charge in [0.15, 0.2) is 0 Å². The quantitative estimate of drug-likeness (QED) is 0.874. The highest BCUT2D eigenvalue weighted by Crippen LogP contribution is 2.20. The summed E-state index contributed by atoms with van der Waals surface area (Å²) in [5.74, 6) is 0.160. The van der Waals surface area contributed by atoms with Gasteiger partial charge in [0.05, 0.1) is 5.69 Å². The van der Waals surface area contributed by atoms with Crippen LogP contribution in [0.25, 0.3) is 0 Å². The molecule has 0 aliphatic carbocycles. The van der Waals surface area contributed by atoms with Crippen LogP contribution in [0.1, 0.15) is 44.8 Å². The van der Waals surface area contributed by atoms with Crippen molar-refractivity contribution in [1.82, 2.24) is 15.1 Å². The Morgan fingerprint density at radius 1 is 1.61 bits per heavy atom. The van der Waals surface area contributed by atoms with E-state index in [9.17, 15) is 4.39 Å². The summed E-state index contributed by atoms with van der Waals surface area (Å²) in [7, 11) is 0. The van der Waals surface area contributed by atoms with Crippen LogP contribution < -0.4 is 5.32 Å². The van der Waals surface area contributed by atoms with E-state index < -0.39 is 6.17 Å². The van der Waals surface area contributed by atoms with Crippen LogP contribution in [0.5, 0.6) is 0 Å². The first-order chi connectivity index (χ1) is 8.70. The predicted molar refractivity (Wildman–Crippen MR) is 71.4 cm³/mol. The van der Waals surface area contributed by atoms with Crippen LogP contribution in [0.4, 0.5) is 4.39 Å². The molecule has 2 heterocycles. The van der Waals surface area contributed by atoms with Crippen molar-refractivity contribution < 1.29 is 4.39 Å². The summed E-state index contributed by atoms with van der Waals surface area (Å²) in [5.41, 5.74) is 0.883. The highest BCUT2D eigenvalue weighted by Gasteiger charge is 2.24. The monoisotopic (exact) mass is 253 g/mol. The molecule has 1 aromatic heterocycles. The molecule has 0 radical (unpaired) electrons. The number of aromatic nitrogens is 2. The summed E-state index contributed by atoms with van der Waals surface area (Å²) < 4.78 is 16.1. The Balaban J connectivity index is 1.90. The van der Waals surface area contributed by atoms with Crippen LogP contribution >= 0.6 is 0 Å². The average Bonchev–Trinajstić information content (AvgIpc) is 2.87. The van der Waals surface area contributed by atoms with E-state index in [1.54, 1.807) is 0 Å². The van der Waals surface area contributed by atoms with Gasteiger partial charge in [-0.05, 0) is 38.8 Å². The molecule has 2 rings (SSSR count). The van der Waals surface area contributed by atoms with Gasteiger partial charge >= 0.3 is 0 Å². The van der Waals surface area contributed by atoms with Gasteiger partial charge in [-0.25, -0.2) is 4.39 Å². The zero-order valence-corrected chi connectivity index (χ0v) is 11.4. The van der Waals surface area contributed by atoms with E-state index >= 15 is 0 Å². The molecule has 4 heteroatoms. The first-order valence-corrected chi connectivity index (χ1v) is 7.09. The zero-order valence-electron chi connectivity index (χ0n) is 11.4. The molecule has 0 bridgehead atoms. The first kappa shape index (κ1) is 13.5. The first-order valence-electron chi connectivity index (χ1n) is 7.09. The molecule has 3 unspecified atom stereocenters. The van der Waals surface area contributed by atoms with Gasteiger partial charge in [0, 0.05) is 31.1 Å². The van der Waals surface area contributed by atoms with Crippen molar-refractivity contribution in [2.75, 3.05) is 13.1 Å². The Labute approximate surface area is 109 Å². The Hall–Kier alpha value is -0.900. The molecule has 3 nitrogen and oxygen atoms in total. The van der Waals surface area contributed by atoms with Gasteiger partial charge in [0.2, 0.25) is 0 Å². The van der Waals surface area contributed by atoms with Crippen molar-refractivity contribution in [3.63, 3.8) is 0 Å². The lowest BCUT2D eigenvalue weighted by Gasteiger charge is -2.25. The minimum atomic E-state index is -0.766. The summed E-state index contributed by atoms with van der Waals surface area (Å²) in [5, 5.41) is 7.74. The van der Waals surface area contributed by atoms with Crippen molar-refractivity contribution in [2.45, 2.75) is 51.7 Å². The van der Waals surface area contributed by atoms with Crippen LogP contribution in [0.3, 0.4) is 0 Å². The molecule has 1 aliphatic rings. The summed E-state index contributed by atoms with van der Waals surface area (Å²) in [6, 6.07) is 2.35. The molecule has 1 aliphatic heterocycles. The number of alkyl halides is 1. The fourth-order valence-electron chi connectivity index (χ4n) is 2.47. The average molecular weight is 253 g/mol. The Morgan fingerprint density at radius 3 is 3.11 bits per heavy atom. The van der Waals surface area contributed by atoms with E-state index in [4.69, 9.17) is 0 Å². The lowest BCUT2D eigenvalue weighted by molar-refractivity contribution is 0.189. The van der Waals surface area contributed by atoms with Gasteiger partial charge in [0.25, 0.3) is 0 Å². The lowest BCUT2D eigenvalue weighted by atomic mass is 9.92. The molecular formula is C14H24FN3. The largest absolute Gasteiger partial charge is 0.316 e. The fourth-order valence-corrected chi connectivity index (χ4v) is 2.47. The van der Waals surface area contributed by atoms with Crippen LogP contribution in [-0.2, 0) is 6.42 Å². The molecule has 3 atom stereocenters. The normalized spacial score (nSPS) is 23.8. The fraction of sp³-hybridized carbons (Fsp3) is 0.786. The van der Waals surface area contributed by atoms with Crippen molar-refractivity contribution in [3.05, 3.63) is 18.0 Å². The number of nitrogens with one attached hydrogen (secondary N) is 1. The van der Waals surface area contributed by atoms with Crippen molar-refractivity contribution in [1.29, 1.82) is 0 Å². The maximum absolute atomic E-state index is 14.2. The summed E-state index contributed by atoms with van der Waals surface area (Å²) >= 11 is 0. The molecule has 0 aromatic carbocycles. The van der Waals surface area contributed by atoms with E-state index in [-0.39, 0.29) is 5.92 Å². The van der Waals surface area contributed by atoms with E-state index in [2.05, 4.69) is 24.3 Å². The number of hydrogen-bond donors (Lipinski definition) is 1. The van der Waals surface area contributed by atoms with Crippen molar-refractivity contribution in [2.24, 2.45) is 5.92 Å². The lowest BCUT2D eigenvalue weighted by Crippen LogP contribution is -2.35. The minimum Gasteiger partial charge on any atom is -0.316 e. The number of nitrogens with zero attached hydrogens (tertiary/aromatic N) is 2. The van der Waals surface area contributed by atoms with Gasteiger partial charge in [-0.3, -0.25) is 4.68 Å². The van der Waals surface area contributed by atoms with E-state index in [0.717, 1.165) is 38.0 Å².